The Morgan fingerprint density at radius 3 is 2.43 bits per heavy atom. The highest BCUT2D eigenvalue weighted by Gasteiger charge is 2.30. The Labute approximate surface area is 213 Å². The fraction of sp³-hybridized carbons (Fsp3) is 0.370. The second kappa shape index (κ2) is 11.2. The maximum absolute atomic E-state index is 13.1. The zero-order chi connectivity index (χ0) is 26.6. The summed E-state index contributed by atoms with van der Waals surface area (Å²) < 4.78 is 46.4. The minimum Gasteiger partial charge on any atom is -0.376 e. The van der Waals surface area contributed by atoms with Gasteiger partial charge in [0.25, 0.3) is 0 Å². The molecule has 1 aromatic heterocycles. The number of anilines is 1. The third-order valence-corrected chi connectivity index (χ3v) is 6.09. The van der Waals surface area contributed by atoms with Gasteiger partial charge in [-0.15, -0.1) is 0 Å². The van der Waals surface area contributed by atoms with E-state index in [9.17, 15) is 22.8 Å². The van der Waals surface area contributed by atoms with Gasteiger partial charge in [-0.25, -0.2) is 4.98 Å². The molecule has 2 heterocycles. The topological polar surface area (TPSA) is 76.5 Å². The van der Waals surface area contributed by atoms with Gasteiger partial charge in [0.05, 0.1) is 17.4 Å². The monoisotopic (exact) mass is 514 g/mol. The van der Waals surface area contributed by atoms with Gasteiger partial charge < -0.3 is 9.64 Å². The number of rotatable bonds is 8. The Hall–Kier alpha value is -3.66. The quantitative estimate of drug-likeness (QED) is 0.451. The molecule has 1 N–H and O–H groups in total. The smallest absolute Gasteiger partial charge is 0.376 e. The van der Waals surface area contributed by atoms with E-state index in [-0.39, 0.29) is 30.4 Å². The number of amides is 2. The fourth-order valence-corrected chi connectivity index (χ4v) is 4.19. The van der Waals surface area contributed by atoms with Crippen molar-refractivity contribution in [2.24, 2.45) is 5.92 Å². The average molecular weight is 515 g/mol. The van der Waals surface area contributed by atoms with Crippen LogP contribution in [0.4, 0.5) is 19.1 Å². The predicted molar refractivity (Wildman–Crippen MR) is 133 cm³/mol. The van der Waals surface area contributed by atoms with Crippen LogP contribution in [-0.4, -0.2) is 52.1 Å². The second-order valence-corrected chi connectivity index (χ2v) is 9.29. The zero-order valence-electron chi connectivity index (χ0n) is 20.7. The minimum absolute atomic E-state index is 0.116. The van der Waals surface area contributed by atoms with E-state index in [1.165, 1.54) is 21.6 Å². The van der Waals surface area contributed by atoms with E-state index in [1.54, 1.807) is 20.0 Å². The van der Waals surface area contributed by atoms with Crippen LogP contribution in [0.5, 0.6) is 0 Å². The van der Waals surface area contributed by atoms with Crippen molar-refractivity contribution >= 4 is 17.8 Å². The minimum atomic E-state index is -4.46. The Bertz CT molecular complexity index is 1220. The van der Waals surface area contributed by atoms with E-state index < -0.39 is 17.6 Å². The summed E-state index contributed by atoms with van der Waals surface area (Å²) in [4.78, 5) is 31.9. The summed E-state index contributed by atoms with van der Waals surface area (Å²) in [6.07, 6.45) is -1.20. The lowest BCUT2D eigenvalue weighted by Gasteiger charge is -2.26. The Morgan fingerprint density at radius 2 is 1.84 bits per heavy atom. The normalized spacial score (nSPS) is 15.7. The molecule has 2 aromatic carbocycles. The van der Waals surface area contributed by atoms with Crippen LogP contribution in [0, 0.1) is 5.92 Å². The molecule has 4 rings (SSSR count). The molecule has 10 heteroatoms. The summed E-state index contributed by atoms with van der Waals surface area (Å²) in [7, 11) is 0. The number of hydrogen-bond acceptors (Lipinski definition) is 4. The van der Waals surface area contributed by atoms with Crippen molar-refractivity contribution in [2.75, 3.05) is 25.0 Å². The lowest BCUT2D eigenvalue weighted by molar-refractivity contribution is -0.139. The summed E-state index contributed by atoms with van der Waals surface area (Å²) in [5, 5.41) is 2.75. The van der Waals surface area contributed by atoms with Crippen molar-refractivity contribution in [3.63, 3.8) is 0 Å². The molecule has 0 radical (unpaired) electrons. The molecule has 7 nitrogen and oxygen atoms in total. The Morgan fingerprint density at radius 1 is 1.14 bits per heavy atom. The molecule has 1 fully saturated rings. The third-order valence-electron chi connectivity index (χ3n) is 6.09. The SMILES string of the molecule is CC(C)C(=O)N(CC(=O)Nc1nc(-c2ccccc2)cn1-c1ccc(C(F)(F)F)cc1)CC1CCCO1. The number of carbonyl (C=O) groups excluding carboxylic acids is 2. The van der Waals surface area contributed by atoms with Gasteiger partial charge in [0.2, 0.25) is 17.8 Å². The molecule has 0 aliphatic carbocycles. The van der Waals surface area contributed by atoms with Crippen molar-refractivity contribution < 1.29 is 27.5 Å². The molecule has 1 unspecified atom stereocenters. The molecular weight excluding hydrogens is 485 g/mol. The van der Waals surface area contributed by atoms with E-state index in [1.807, 2.05) is 30.3 Å². The van der Waals surface area contributed by atoms with Gasteiger partial charge in [0.1, 0.15) is 6.54 Å². The highest BCUT2D eigenvalue weighted by atomic mass is 19.4. The molecule has 196 valence electrons. The number of nitrogens with zero attached hydrogens (tertiary/aromatic N) is 3. The number of imidazole rings is 1. The van der Waals surface area contributed by atoms with Gasteiger partial charge in [-0.3, -0.25) is 19.5 Å². The lowest BCUT2D eigenvalue weighted by atomic mass is 10.1. The molecule has 37 heavy (non-hydrogen) atoms. The van der Waals surface area contributed by atoms with Crippen LogP contribution in [0.2, 0.25) is 0 Å². The molecular formula is C27H29F3N4O3. The molecule has 2 amide bonds. The Kier molecular flexibility index (Phi) is 7.97. The number of ether oxygens (including phenoxy) is 1. The lowest BCUT2D eigenvalue weighted by Crippen LogP contribution is -2.44. The first-order valence-electron chi connectivity index (χ1n) is 12.1. The number of aromatic nitrogens is 2. The van der Waals surface area contributed by atoms with Gasteiger partial charge in [0, 0.05) is 36.5 Å². The molecule has 1 aliphatic heterocycles. The van der Waals surface area contributed by atoms with E-state index in [4.69, 9.17) is 4.74 Å². The molecule has 0 bridgehead atoms. The first-order chi connectivity index (χ1) is 17.6. The molecule has 3 aromatic rings. The predicted octanol–water partition coefficient (Wildman–Crippen LogP) is 5.16. The maximum atomic E-state index is 13.1. The Balaban J connectivity index is 1.60. The van der Waals surface area contributed by atoms with Crippen LogP contribution in [0.25, 0.3) is 16.9 Å². The number of benzene rings is 2. The summed E-state index contributed by atoms with van der Waals surface area (Å²) in [5.74, 6) is -0.794. The van der Waals surface area contributed by atoms with Crippen molar-refractivity contribution in [3.8, 4) is 16.9 Å². The van der Waals surface area contributed by atoms with Crippen molar-refractivity contribution in [1.82, 2.24) is 14.5 Å². The molecule has 0 saturated carbocycles. The van der Waals surface area contributed by atoms with Crippen molar-refractivity contribution in [2.45, 2.75) is 39.0 Å². The fourth-order valence-electron chi connectivity index (χ4n) is 4.19. The third kappa shape index (κ3) is 6.56. The number of halogens is 3. The van der Waals surface area contributed by atoms with Gasteiger partial charge in [-0.1, -0.05) is 44.2 Å². The standard InChI is InChI=1S/C27H29F3N4O3/c1-18(2)25(36)33(15-22-9-6-14-37-22)17-24(35)32-26-31-23(19-7-4-3-5-8-19)16-34(26)21-12-10-20(11-13-21)27(28,29)30/h3-5,7-8,10-13,16,18,22H,6,9,14-15,17H2,1-2H3,(H,31,32,35). The zero-order valence-corrected chi connectivity index (χ0v) is 20.7. The summed E-state index contributed by atoms with van der Waals surface area (Å²) in [6.45, 7) is 4.29. The summed E-state index contributed by atoms with van der Waals surface area (Å²) >= 11 is 0. The first-order valence-corrected chi connectivity index (χ1v) is 12.1. The van der Waals surface area contributed by atoms with Gasteiger partial charge in [-0.05, 0) is 37.1 Å². The first kappa shape index (κ1) is 26.4. The van der Waals surface area contributed by atoms with E-state index in [2.05, 4.69) is 10.3 Å². The maximum Gasteiger partial charge on any atom is 0.416 e. The summed E-state index contributed by atoms with van der Waals surface area (Å²) in [6, 6.07) is 13.8. The van der Waals surface area contributed by atoms with Crippen molar-refractivity contribution in [1.29, 1.82) is 0 Å². The van der Waals surface area contributed by atoms with Crippen LogP contribution in [0.15, 0.2) is 60.8 Å². The van der Waals surface area contributed by atoms with Crippen LogP contribution >= 0.6 is 0 Å². The molecule has 1 aliphatic rings. The van der Waals surface area contributed by atoms with Crippen LogP contribution < -0.4 is 5.32 Å². The number of carbonyl (C=O) groups is 2. The van der Waals surface area contributed by atoms with Gasteiger partial charge in [0.15, 0.2) is 0 Å². The number of nitrogens with one attached hydrogen (secondary N) is 1. The average Bonchev–Trinajstić information content (AvgIpc) is 3.53. The van der Waals surface area contributed by atoms with Crippen molar-refractivity contribution in [3.05, 3.63) is 66.4 Å². The number of alkyl halides is 3. The molecule has 0 spiro atoms. The van der Waals surface area contributed by atoms with Gasteiger partial charge in [-0.2, -0.15) is 13.2 Å². The summed E-state index contributed by atoms with van der Waals surface area (Å²) in [5.41, 5.74) is 0.929. The molecule has 1 atom stereocenters. The van der Waals surface area contributed by atoms with Crippen LogP contribution in [0.3, 0.4) is 0 Å². The largest absolute Gasteiger partial charge is 0.416 e. The van der Waals surface area contributed by atoms with Crippen LogP contribution in [-0.2, 0) is 20.5 Å². The van der Waals surface area contributed by atoms with Gasteiger partial charge >= 0.3 is 6.18 Å². The van der Waals surface area contributed by atoms with E-state index in [0.717, 1.165) is 30.5 Å². The number of hydrogen-bond donors (Lipinski definition) is 1. The van der Waals surface area contributed by atoms with E-state index in [0.29, 0.717) is 24.5 Å². The second-order valence-electron chi connectivity index (χ2n) is 9.29. The molecule has 1 saturated heterocycles. The highest BCUT2D eigenvalue weighted by molar-refractivity contribution is 5.94. The van der Waals surface area contributed by atoms with Crippen LogP contribution in [0.1, 0.15) is 32.3 Å². The highest BCUT2D eigenvalue weighted by Crippen LogP contribution is 2.31. The van der Waals surface area contributed by atoms with E-state index >= 15 is 0 Å².